The van der Waals surface area contributed by atoms with Crippen molar-refractivity contribution in [1.29, 1.82) is 0 Å². The first-order chi connectivity index (χ1) is 8.29. The zero-order valence-corrected chi connectivity index (χ0v) is 11.3. The average Bonchev–Trinajstić information content (AvgIpc) is 2.38. The number of benzene rings is 1. The van der Waals surface area contributed by atoms with Gasteiger partial charge in [-0.2, -0.15) is 0 Å². The Balaban J connectivity index is 2.38. The Bertz CT molecular complexity index is 306. The average molecular weight is 234 g/mol. The van der Waals surface area contributed by atoms with Crippen molar-refractivity contribution in [2.75, 3.05) is 0 Å². The quantitative estimate of drug-likeness (QED) is 0.649. The molecule has 0 aliphatic rings. The minimum Gasteiger partial charge on any atom is -0.388 e. The summed E-state index contributed by atoms with van der Waals surface area (Å²) in [5.74, 6) is 0. The van der Waals surface area contributed by atoms with Crippen molar-refractivity contribution in [3.63, 3.8) is 0 Å². The number of hydrogen-bond acceptors (Lipinski definition) is 1. The maximum Gasteiger partial charge on any atom is 0.0792 e. The molecule has 0 heterocycles. The highest BCUT2D eigenvalue weighted by Gasteiger charge is 2.10. The van der Waals surface area contributed by atoms with Crippen molar-refractivity contribution in [2.45, 2.75) is 64.9 Å². The number of hydrogen-bond donors (Lipinski definition) is 1. The Hall–Kier alpha value is -0.820. The molecule has 0 saturated carbocycles. The van der Waals surface area contributed by atoms with Crippen LogP contribution in [0.15, 0.2) is 24.3 Å². The van der Waals surface area contributed by atoms with E-state index in [4.69, 9.17) is 0 Å². The number of aliphatic hydroxyl groups is 1. The highest BCUT2D eigenvalue weighted by atomic mass is 16.3. The molecule has 1 heteroatoms. The van der Waals surface area contributed by atoms with Crippen molar-refractivity contribution in [2.24, 2.45) is 0 Å². The predicted octanol–water partition coefficient (Wildman–Crippen LogP) is 4.64. The molecule has 1 nitrogen and oxygen atoms in total. The molecule has 96 valence electrons. The molecule has 0 radical (unpaired) electrons. The molecule has 1 aromatic carbocycles. The van der Waals surface area contributed by atoms with E-state index >= 15 is 0 Å². The highest BCUT2D eigenvalue weighted by Crippen LogP contribution is 2.23. The molecule has 1 atom stereocenters. The van der Waals surface area contributed by atoms with Crippen LogP contribution in [0, 0.1) is 0 Å². The second kappa shape index (κ2) is 8.30. The molecule has 0 saturated heterocycles. The summed E-state index contributed by atoms with van der Waals surface area (Å²) >= 11 is 0. The predicted molar refractivity (Wildman–Crippen MR) is 74.2 cm³/mol. The van der Waals surface area contributed by atoms with Crippen molar-refractivity contribution < 1.29 is 5.11 Å². The summed E-state index contributed by atoms with van der Waals surface area (Å²) in [6.45, 7) is 4.37. The molecule has 0 aliphatic heterocycles. The molecule has 1 N–H and O–H groups in total. The van der Waals surface area contributed by atoms with Gasteiger partial charge in [-0.15, -0.1) is 0 Å². The van der Waals surface area contributed by atoms with E-state index in [1.54, 1.807) is 0 Å². The third kappa shape index (κ3) is 4.91. The molecule has 0 aromatic heterocycles. The third-order valence-electron chi connectivity index (χ3n) is 3.38. The van der Waals surface area contributed by atoms with Crippen LogP contribution in [0.4, 0.5) is 0 Å². The topological polar surface area (TPSA) is 20.2 Å². The van der Waals surface area contributed by atoms with Gasteiger partial charge in [0.25, 0.3) is 0 Å². The van der Waals surface area contributed by atoms with Gasteiger partial charge >= 0.3 is 0 Å². The fourth-order valence-electron chi connectivity index (χ4n) is 2.28. The van der Waals surface area contributed by atoms with Crippen LogP contribution in [0.1, 0.15) is 69.6 Å². The summed E-state index contributed by atoms with van der Waals surface area (Å²) in [4.78, 5) is 0. The summed E-state index contributed by atoms with van der Waals surface area (Å²) in [5, 5.41) is 10.2. The fourth-order valence-corrected chi connectivity index (χ4v) is 2.28. The van der Waals surface area contributed by atoms with Crippen LogP contribution in [0.3, 0.4) is 0 Å². The van der Waals surface area contributed by atoms with Gasteiger partial charge in [0.15, 0.2) is 0 Å². The highest BCUT2D eigenvalue weighted by molar-refractivity contribution is 5.28. The van der Waals surface area contributed by atoms with Crippen LogP contribution < -0.4 is 0 Å². The molecule has 1 aromatic rings. The van der Waals surface area contributed by atoms with E-state index in [9.17, 15) is 5.11 Å². The lowest BCUT2D eigenvalue weighted by molar-refractivity contribution is 0.162. The molecule has 1 rings (SSSR count). The smallest absolute Gasteiger partial charge is 0.0792 e. The molecule has 17 heavy (non-hydrogen) atoms. The lowest BCUT2D eigenvalue weighted by Gasteiger charge is -2.14. The number of rotatable bonds is 8. The summed E-state index contributed by atoms with van der Waals surface area (Å²) in [7, 11) is 0. The maximum absolute atomic E-state index is 10.2. The molecule has 1 unspecified atom stereocenters. The van der Waals surface area contributed by atoms with Crippen LogP contribution >= 0.6 is 0 Å². The van der Waals surface area contributed by atoms with Gasteiger partial charge in [-0.25, -0.2) is 0 Å². The summed E-state index contributed by atoms with van der Waals surface area (Å²) in [5.41, 5.74) is 2.42. The van der Waals surface area contributed by atoms with Crippen LogP contribution in [0.2, 0.25) is 0 Å². The molecule has 0 fully saturated rings. The second-order valence-corrected chi connectivity index (χ2v) is 4.77. The van der Waals surface area contributed by atoms with Crippen molar-refractivity contribution >= 4 is 0 Å². The Kier molecular flexibility index (Phi) is 6.95. The van der Waals surface area contributed by atoms with E-state index in [1.807, 2.05) is 6.07 Å². The van der Waals surface area contributed by atoms with E-state index < -0.39 is 0 Å². The Labute approximate surface area is 106 Å². The summed E-state index contributed by atoms with van der Waals surface area (Å²) in [6, 6.07) is 8.26. The lowest BCUT2D eigenvalue weighted by Crippen LogP contribution is -2.01. The van der Waals surface area contributed by atoms with Gasteiger partial charge in [0, 0.05) is 0 Å². The number of aliphatic hydroxyl groups excluding tert-OH is 1. The van der Waals surface area contributed by atoms with E-state index in [0.717, 1.165) is 24.8 Å². The zero-order chi connectivity index (χ0) is 12.5. The number of unbranched alkanes of at least 4 members (excludes halogenated alkanes) is 4. The Morgan fingerprint density at radius 3 is 2.41 bits per heavy atom. The van der Waals surface area contributed by atoms with Gasteiger partial charge in [0.05, 0.1) is 6.10 Å². The molecular weight excluding hydrogens is 208 g/mol. The third-order valence-corrected chi connectivity index (χ3v) is 3.38. The van der Waals surface area contributed by atoms with Crippen LogP contribution in [-0.2, 0) is 6.42 Å². The monoisotopic (exact) mass is 234 g/mol. The lowest BCUT2D eigenvalue weighted by atomic mass is 9.96. The normalized spacial score (nSPS) is 12.6. The van der Waals surface area contributed by atoms with E-state index in [1.165, 1.54) is 31.2 Å². The van der Waals surface area contributed by atoms with Crippen molar-refractivity contribution in [3.05, 3.63) is 35.4 Å². The molecular formula is C16H26O. The molecule has 0 bridgehead atoms. The van der Waals surface area contributed by atoms with Crippen molar-refractivity contribution in [3.8, 4) is 0 Å². The van der Waals surface area contributed by atoms with Gasteiger partial charge < -0.3 is 5.11 Å². The zero-order valence-electron chi connectivity index (χ0n) is 11.3. The van der Waals surface area contributed by atoms with Gasteiger partial charge in [-0.1, -0.05) is 70.2 Å². The first-order valence-corrected chi connectivity index (χ1v) is 7.05. The maximum atomic E-state index is 10.2. The van der Waals surface area contributed by atoms with E-state index in [0.29, 0.717) is 0 Å². The minimum absolute atomic E-state index is 0.271. The van der Waals surface area contributed by atoms with E-state index in [2.05, 4.69) is 32.0 Å². The van der Waals surface area contributed by atoms with E-state index in [-0.39, 0.29) is 6.10 Å². The molecule has 0 amide bonds. The van der Waals surface area contributed by atoms with Crippen LogP contribution in [0.25, 0.3) is 0 Å². The van der Waals surface area contributed by atoms with Crippen LogP contribution in [0.5, 0.6) is 0 Å². The first kappa shape index (κ1) is 14.2. The SMILES string of the molecule is CCCCCCCC(O)c1ccccc1CC. The molecule has 0 spiro atoms. The Morgan fingerprint density at radius 1 is 1.00 bits per heavy atom. The summed E-state index contributed by atoms with van der Waals surface area (Å²) in [6.07, 6.45) is 7.93. The largest absolute Gasteiger partial charge is 0.388 e. The van der Waals surface area contributed by atoms with Crippen LogP contribution in [-0.4, -0.2) is 5.11 Å². The van der Waals surface area contributed by atoms with Gasteiger partial charge in [-0.3, -0.25) is 0 Å². The standard InChI is InChI=1S/C16H26O/c1-3-5-6-7-8-13-16(17)15-12-10-9-11-14(15)4-2/h9-12,16-17H,3-8,13H2,1-2H3. The summed E-state index contributed by atoms with van der Waals surface area (Å²) < 4.78 is 0. The number of aryl methyl sites for hydroxylation is 1. The molecule has 0 aliphatic carbocycles. The Morgan fingerprint density at radius 2 is 1.71 bits per heavy atom. The first-order valence-electron chi connectivity index (χ1n) is 7.05. The van der Waals surface area contributed by atoms with Gasteiger partial charge in [-0.05, 0) is 24.0 Å². The van der Waals surface area contributed by atoms with Crippen molar-refractivity contribution in [1.82, 2.24) is 0 Å². The second-order valence-electron chi connectivity index (χ2n) is 4.77. The fraction of sp³-hybridized carbons (Fsp3) is 0.625. The van der Waals surface area contributed by atoms with Gasteiger partial charge in [0.1, 0.15) is 0 Å². The minimum atomic E-state index is -0.271. The van der Waals surface area contributed by atoms with Gasteiger partial charge in [0.2, 0.25) is 0 Å².